The number of hydrogen-bond acceptors (Lipinski definition) is 2. The van der Waals surface area contributed by atoms with E-state index < -0.39 is 46.9 Å². The number of Topliss-reactive ketones (excluding diaryl/α,β-unsaturated/α-hetero) is 2. The summed E-state index contributed by atoms with van der Waals surface area (Å²) in [6, 6.07) is 19.5. The fourth-order valence-corrected chi connectivity index (χ4v) is 5.59. The average Bonchev–Trinajstić information content (AvgIpc) is 2.83. The minimum Gasteiger partial charge on any atom is -0.294 e. The Balaban J connectivity index is 1.70. The standard InChI is InChI=1S/C32H24F4O2/c1-17-3-7-19(8-4-17)31(37)29-27(21-11-23(33)15-24(34)12-21)30(32(38)20-9-5-18(2)6-10-20)28(29)22-13-25(35)16-26(36)14-22/h3-16,27-30H,1-2H3. The number of carbonyl (C=O) groups excluding carboxylic acids is 2. The molecule has 0 atom stereocenters. The molecule has 1 fully saturated rings. The molecular formula is C32H24F4O2. The van der Waals surface area contributed by atoms with Crippen LogP contribution in [0.5, 0.6) is 0 Å². The molecule has 0 bridgehead atoms. The Hall–Kier alpha value is -4.06. The molecule has 2 nitrogen and oxygen atoms in total. The minimum absolute atomic E-state index is 0.145. The highest BCUT2D eigenvalue weighted by molar-refractivity contribution is 6.05. The largest absolute Gasteiger partial charge is 0.294 e. The van der Waals surface area contributed by atoms with Gasteiger partial charge in [-0.3, -0.25) is 9.59 Å². The fourth-order valence-electron chi connectivity index (χ4n) is 5.59. The molecule has 0 N–H and O–H groups in total. The van der Waals surface area contributed by atoms with Gasteiger partial charge in [-0.2, -0.15) is 0 Å². The molecule has 38 heavy (non-hydrogen) atoms. The zero-order chi connectivity index (χ0) is 27.1. The highest BCUT2D eigenvalue weighted by Crippen LogP contribution is 2.59. The first kappa shape index (κ1) is 25.6. The van der Waals surface area contributed by atoms with Crippen molar-refractivity contribution in [2.24, 2.45) is 11.8 Å². The molecule has 0 heterocycles. The summed E-state index contributed by atoms with van der Waals surface area (Å²) in [6.45, 7) is 3.73. The molecule has 0 radical (unpaired) electrons. The van der Waals surface area contributed by atoms with Gasteiger partial charge < -0.3 is 0 Å². The lowest BCUT2D eigenvalue weighted by Crippen LogP contribution is -2.51. The van der Waals surface area contributed by atoms with Gasteiger partial charge in [-0.25, -0.2) is 17.6 Å². The third-order valence-electron chi connectivity index (χ3n) is 7.36. The predicted octanol–water partition coefficient (Wildman–Crippen LogP) is 7.74. The van der Waals surface area contributed by atoms with Crippen molar-refractivity contribution >= 4 is 11.6 Å². The summed E-state index contributed by atoms with van der Waals surface area (Å²) in [5.74, 6) is -7.93. The van der Waals surface area contributed by atoms with E-state index in [9.17, 15) is 27.2 Å². The molecule has 192 valence electrons. The monoisotopic (exact) mass is 516 g/mol. The van der Waals surface area contributed by atoms with E-state index >= 15 is 0 Å². The first-order valence-corrected chi connectivity index (χ1v) is 12.3. The smallest absolute Gasteiger partial charge is 0.167 e. The molecule has 1 aliphatic carbocycles. The van der Waals surface area contributed by atoms with Gasteiger partial charge in [-0.05, 0) is 49.2 Å². The summed E-state index contributed by atoms with van der Waals surface area (Å²) in [6.07, 6.45) is 0. The van der Waals surface area contributed by atoms with Crippen molar-refractivity contribution < 1.29 is 27.2 Å². The van der Waals surface area contributed by atoms with Crippen LogP contribution in [0.1, 0.15) is 54.8 Å². The molecule has 0 saturated heterocycles. The van der Waals surface area contributed by atoms with Crippen molar-refractivity contribution in [1.82, 2.24) is 0 Å². The van der Waals surface area contributed by atoms with E-state index in [1.807, 2.05) is 13.8 Å². The molecule has 0 aromatic heterocycles. The van der Waals surface area contributed by atoms with Crippen LogP contribution in [0.4, 0.5) is 17.6 Å². The Morgan fingerprint density at radius 2 is 0.789 bits per heavy atom. The second-order valence-electron chi connectivity index (χ2n) is 9.97. The van der Waals surface area contributed by atoms with Crippen LogP contribution in [0.15, 0.2) is 84.9 Å². The number of ketones is 2. The summed E-state index contributed by atoms with van der Waals surface area (Å²) < 4.78 is 57.4. The van der Waals surface area contributed by atoms with Gasteiger partial charge >= 0.3 is 0 Å². The summed E-state index contributed by atoms with van der Waals surface area (Å²) in [7, 11) is 0. The summed E-state index contributed by atoms with van der Waals surface area (Å²) in [5, 5.41) is 0. The first-order valence-electron chi connectivity index (χ1n) is 12.3. The quantitative estimate of drug-likeness (QED) is 0.194. The van der Waals surface area contributed by atoms with Crippen molar-refractivity contribution in [2.45, 2.75) is 25.7 Å². The lowest BCUT2D eigenvalue weighted by Gasteiger charge is -2.51. The molecule has 0 aliphatic heterocycles. The molecule has 4 aromatic carbocycles. The third kappa shape index (κ3) is 4.78. The zero-order valence-corrected chi connectivity index (χ0v) is 20.7. The Labute approximate surface area is 218 Å². The normalized spacial score (nSPS) is 20.6. The van der Waals surface area contributed by atoms with Gasteiger partial charge in [0.2, 0.25) is 0 Å². The minimum atomic E-state index is -0.987. The van der Waals surface area contributed by atoms with Gasteiger partial charge in [0.05, 0.1) is 0 Å². The summed E-state index contributed by atoms with van der Waals surface area (Å²) in [4.78, 5) is 27.8. The number of rotatable bonds is 6. The lowest BCUT2D eigenvalue weighted by atomic mass is 9.49. The van der Waals surface area contributed by atoms with Crippen LogP contribution in [0.3, 0.4) is 0 Å². The van der Waals surface area contributed by atoms with Gasteiger partial charge in [0.1, 0.15) is 23.3 Å². The molecule has 0 amide bonds. The van der Waals surface area contributed by atoms with E-state index in [0.717, 1.165) is 47.5 Å². The summed E-state index contributed by atoms with van der Waals surface area (Å²) in [5.41, 5.74) is 2.82. The Morgan fingerprint density at radius 1 is 0.500 bits per heavy atom. The Kier molecular flexibility index (Phi) is 6.74. The van der Waals surface area contributed by atoms with Gasteiger partial charge in [0, 0.05) is 46.9 Å². The molecular weight excluding hydrogens is 492 g/mol. The van der Waals surface area contributed by atoms with E-state index in [1.165, 1.54) is 0 Å². The van der Waals surface area contributed by atoms with Gasteiger partial charge in [-0.1, -0.05) is 59.7 Å². The average molecular weight is 517 g/mol. The van der Waals surface area contributed by atoms with Gasteiger partial charge in [0.25, 0.3) is 0 Å². The zero-order valence-electron chi connectivity index (χ0n) is 20.7. The van der Waals surface area contributed by atoms with Crippen LogP contribution >= 0.6 is 0 Å². The molecule has 1 saturated carbocycles. The maximum absolute atomic E-state index is 14.4. The van der Waals surface area contributed by atoms with Crippen molar-refractivity contribution in [3.8, 4) is 0 Å². The highest BCUT2D eigenvalue weighted by atomic mass is 19.1. The number of halogens is 4. The predicted molar refractivity (Wildman–Crippen MR) is 136 cm³/mol. The van der Waals surface area contributed by atoms with E-state index in [4.69, 9.17) is 0 Å². The third-order valence-corrected chi connectivity index (χ3v) is 7.36. The van der Waals surface area contributed by atoms with Crippen molar-refractivity contribution in [1.29, 1.82) is 0 Å². The van der Waals surface area contributed by atoms with E-state index in [2.05, 4.69) is 0 Å². The maximum atomic E-state index is 14.4. The number of aryl methyl sites for hydroxylation is 2. The molecule has 1 aliphatic rings. The fraction of sp³-hybridized carbons (Fsp3) is 0.188. The Bertz CT molecular complexity index is 1360. The van der Waals surface area contributed by atoms with Crippen LogP contribution in [0, 0.1) is 49.0 Å². The van der Waals surface area contributed by atoms with E-state index in [1.54, 1.807) is 48.5 Å². The number of carbonyl (C=O) groups is 2. The SMILES string of the molecule is Cc1ccc(C(=O)C2C(c3cc(F)cc(F)c3)C(C(=O)c3ccc(C)cc3)C2c2cc(F)cc(F)c2)cc1. The second kappa shape index (κ2) is 10.0. The summed E-state index contributed by atoms with van der Waals surface area (Å²) >= 11 is 0. The van der Waals surface area contributed by atoms with Gasteiger partial charge in [0.15, 0.2) is 11.6 Å². The molecule has 5 rings (SSSR count). The van der Waals surface area contributed by atoms with Crippen molar-refractivity contribution in [3.63, 3.8) is 0 Å². The first-order chi connectivity index (χ1) is 18.1. The van der Waals surface area contributed by atoms with Crippen LogP contribution < -0.4 is 0 Å². The number of benzene rings is 4. The van der Waals surface area contributed by atoms with Crippen LogP contribution in [-0.2, 0) is 0 Å². The second-order valence-corrected chi connectivity index (χ2v) is 9.97. The maximum Gasteiger partial charge on any atom is 0.167 e. The molecule has 4 aromatic rings. The van der Waals surface area contributed by atoms with Crippen molar-refractivity contribution in [2.75, 3.05) is 0 Å². The molecule has 6 heteroatoms. The highest BCUT2D eigenvalue weighted by Gasteiger charge is 2.58. The van der Waals surface area contributed by atoms with Crippen molar-refractivity contribution in [3.05, 3.63) is 142 Å². The van der Waals surface area contributed by atoms with Crippen LogP contribution in [0.2, 0.25) is 0 Å². The van der Waals surface area contributed by atoms with E-state index in [0.29, 0.717) is 11.1 Å². The topological polar surface area (TPSA) is 34.1 Å². The molecule has 0 unspecified atom stereocenters. The number of hydrogen-bond donors (Lipinski definition) is 0. The van der Waals surface area contributed by atoms with E-state index in [-0.39, 0.29) is 22.7 Å². The lowest BCUT2D eigenvalue weighted by molar-refractivity contribution is 0.0486. The van der Waals surface area contributed by atoms with Gasteiger partial charge in [-0.15, -0.1) is 0 Å². The van der Waals surface area contributed by atoms with Crippen LogP contribution in [0.25, 0.3) is 0 Å². The molecule has 0 spiro atoms. The Morgan fingerprint density at radius 3 is 1.08 bits per heavy atom. The van der Waals surface area contributed by atoms with Crippen LogP contribution in [-0.4, -0.2) is 11.6 Å².